The standard InChI is InChI=1S/C12H10BrClN2O4/c13-7-1-2-9(8(14)3-7)20-6-12(19)16-4-10(17)15-11(18)5-16/h1-3H,4-6H2,(H,15,17,18). The zero-order valence-corrected chi connectivity index (χ0v) is 12.5. The SMILES string of the molecule is O=C1CN(C(=O)COc2ccc(Br)cc2Cl)CC(=O)N1. The first kappa shape index (κ1) is 14.8. The minimum atomic E-state index is -0.503. The summed E-state index contributed by atoms with van der Waals surface area (Å²) in [5.41, 5.74) is 0. The van der Waals surface area contributed by atoms with Crippen LogP contribution in [0.3, 0.4) is 0 Å². The van der Waals surface area contributed by atoms with Crippen LogP contribution in [0.25, 0.3) is 0 Å². The molecule has 20 heavy (non-hydrogen) atoms. The van der Waals surface area contributed by atoms with Crippen molar-refractivity contribution < 1.29 is 19.1 Å². The Morgan fingerprint density at radius 1 is 1.35 bits per heavy atom. The van der Waals surface area contributed by atoms with E-state index in [4.69, 9.17) is 16.3 Å². The fourth-order valence-corrected chi connectivity index (χ4v) is 2.36. The number of imide groups is 1. The second-order valence-corrected chi connectivity index (χ2v) is 5.41. The van der Waals surface area contributed by atoms with Crippen molar-refractivity contribution in [2.45, 2.75) is 0 Å². The van der Waals surface area contributed by atoms with E-state index < -0.39 is 17.7 Å². The first-order chi connectivity index (χ1) is 9.45. The number of hydrogen-bond donors (Lipinski definition) is 1. The number of nitrogens with zero attached hydrogens (tertiary/aromatic N) is 1. The van der Waals surface area contributed by atoms with Crippen LogP contribution in [0, 0.1) is 0 Å². The normalized spacial score (nSPS) is 15.0. The molecule has 1 saturated heterocycles. The summed E-state index contributed by atoms with van der Waals surface area (Å²) in [6, 6.07) is 4.98. The van der Waals surface area contributed by atoms with Crippen LogP contribution in [0.4, 0.5) is 0 Å². The van der Waals surface area contributed by atoms with Gasteiger partial charge in [0.15, 0.2) is 6.61 Å². The third kappa shape index (κ3) is 3.71. The second kappa shape index (κ2) is 6.23. The topological polar surface area (TPSA) is 75.7 Å². The highest BCUT2D eigenvalue weighted by Crippen LogP contribution is 2.27. The van der Waals surface area contributed by atoms with Crippen LogP contribution in [0.2, 0.25) is 5.02 Å². The van der Waals surface area contributed by atoms with Crippen molar-refractivity contribution in [2.75, 3.05) is 19.7 Å². The minimum absolute atomic E-state index is 0.151. The van der Waals surface area contributed by atoms with E-state index in [1.807, 2.05) is 0 Å². The molecule has 1 aliphatic heterocycles. The van der Waals surface area contributed by atoms with Crippen LogP contribution in [0.5, 0.6) is 5.75 Å². The highest BCUT2D eigenvalue weighted by Gasteiger charge is 2.26. The molecular weight excluding hydrogens is 351 g/mol. The zero-order valence-electron chi connectivity index (χ0n) is 10.2. The van der Waals surface area contributed by atoms with E-state index in [9.17, 15) is 14.4 Å². The largest absolute Gasteiger partial charge is 0.482 e. The molecule has 3 amide bonds. The maximum absolute atomic E-state index is 11.9. The Morgan fingerprint density at radius 3 is 2.60 bits per heavy atom. The second-order valence-electron chi connectivity index (χ2n) is 4.08. The quantitative estimate of drug-likeness (QED) is 0.814. The predicted octanol–water partition coefficient (Wildman–Crippen LogP) is 0.966. The van der Waals surface area contributed by atoms with Gasteiger partial charge in [-0.3, -0.25) is 19.7 Å². The molecule has 2 rings (SSSR count). The first-order valence-corrected chi connectivity index (χ1v) is 6.81. The lowest BCUT2D eigenvalue weighted by molar-refractivity contribution is -0.146. The number of piperazine rings is 1. The molecule has 1 N–H and O–H groups in total. The summed E-state index contributed by atoms with van der Waals surface area (Å²) in [4.78, 5) is 35.3. The van der Waals surface area contributed by atoms with Gasteiger partial charge in [0.25, 0.3) is 5.91 Å². The van der Waals surface area contributed by atoms with Crippen LogP contribution in [0.1, 0.15) is 0 Å². The Bertz CT molecular complexity index is 563. The lowest BCUT2D eigenvalue weighted by atomic mass is 10.3. The van der Waals surface area contributed by atoms with E-state index >= 15 is 0 Å². The monoisotopic (exact) mass is 360 g/mol. The number of carbonyl (C=O) groups is 3. The molecule has 1 aromatic carbocycles. The Morgan fingerprint density at radius 2 is 2.00 bits per heavy atom. The van der Waals surface area contributed by atoms with Gasteiger partial charge in [0.2, 0.25) is 11.8 Å². The molecule has 1 aromatic rings. The molecule has 0 unspecified atom stereocenters. The van der Waals surface area contributed by atoms with Crippen molar-refractivity contribution in [1.82, 2.24) is 10.2 Å². The van der Waals surface area contributed by atoms with Gasteiger partial charge in [-0.05, 0) is 18.2 Å². The van der Waals surface area contributed by atoms with Crippen molar-refractivity contribution in [1.29, 1.82) is 0 Å². The summed E-state index contributed by atoms with van der Waals surface area (Å²) in [5.74, 6) is -1.10. The zero-order chi connectivity index (χ0) is 14.7. The van der Waals surface area contributed by atoms with Gasteiger partial charge in [0, 0.05) is 4.47 Å². The molecule has 106 valence electrons. The molecule has 0 radical (unpaired) electrons. The third-order valence-electron chi connectivity index (χ3n) is 2.55. The first-order valence-electron chi connectivity index (χ1n) is 5.64. The maximum Gasteiger partial charge on any atom is 0.261 e. The molecule has 1 fully saturated rings. The fourth-order valence-electron chi connectivity index (χ4n) is 1.64. The summed E-state index contributed by atoms with van der Waals surface area (Å²) in [6.45, 7) is -0.591. The molecule has 6 nitrogen and oxygen atoms in total. The van der Waals surface area contributed by atoms with E-state index in [0.29, 0.717) is 10.8 Å². The summed E-state index contributed by atoms with van der Waals surface area (Å²) < 4.78 is 6.08. The van der Waals surface area contributed by atoms with Crippen molar-refractivity contribution >= 4 is 45.3 Å². The van der Waals surface area contributed by atoms with Crippen LogP contribution < -0.4 is 10.1 Å². The number of nitrogens with one attached hydrogen (secondary N) is 1. The molecule has 1 aliphatic rings. The van der Waals surface area contributed by atoms with Gasteiger partial charge in [-0.15, -0.1) is 0 Å². The molecule has 0 saturated carbocycles. The Kier molecular flexibility index (Phi) is 4.61. The summed E-state index contributed by atoms with van der Waals surface area (Å²) >= 11 is 9.20. The molecule has 0 atom stereocenters. The van der Waals surface area contributed by atoms with Crippen molar-refractivity contribution in [3.63, 3.8) is 0 Å². The van der Waals surface area contributed by atoms with Crippen molar-refractivity contribution in [2.24, 2.45) is 0 Å². The smallest absolute Gasteiger partial charge is 0.261 e. The number of amides is 3. The van der Waals surface area contributed by atoms with E-state index in [2.05, 4.69) is 21.2 Å². The lowest BCUT2D eigenvalue weighted by Crippen LogP contribution is -2.54. The minimum Gasteiger partial charge on any atom is -0.482 e. The van der Waals surface area contributed by atoms with Gasteiger partial charge in [-0.1, -0.05) is 27.5 Å². The third-order valence-corrected chi connectivity index (χ3v) is 3.33. The van der Waals surface area contributed by atoms with Crippen LogP contribution in [0.15, 0.2) is 22.7 Å². The van der Waals surface area contributed by atoms with E-state index in [1.54, 1.807) is 18.2 Å². The fraction of sp³-hybridized carbons (Fsp3) is 0.250. The van der Waals surface area contributed by atoms with Crippen molar-refractivity contribution in [3.05, 3.63) is 27.7 Å². The van der Waals surface area contributed by atoms with Gasteiger partial charge in [0.05, 0.1) is 5.02 Å². The number of benzene rings is 1. The van der Waals surface area contributed by atoms with E-state index in [-0.39, 0.29) is 19.7 Å². The van der Waals surface area contributed by atoms with E-state index in [0.717, 1.165) is 9.37 Å². The Hall–Kier alpha value is -1.60. The van der Waals surface area contributed by atoms with Crippen LogP contribution in [-0.4, -0.2) is 42.3 Å². The van der Waals surface area contributed by atoms with Crippen LogP contribution >= 0.6 is 27.5 Å². The summed E-state index contributed by atoms with van der Waals surface area (Å²) in [5, 5.41) is 2.48. The average molecular weight is 362 g/mol. The van der Waals surface area contributed by atoms with Gasteiger partial charge in [0.1, 0.15) is 18.8 Å². The molecule has 0 bridgehead atoms. The van der Waals surface area contributed by atoms with Gasteiger partial charge in [-0.25, -0.2) is 0 Å². The van der Waals surface area contributed by atoms with Crippen LogP contribution in [-0.2, 0) is 14.4 Å². The summed E-state index contributed by atoms with van der Waals surface area (Å²) in [6.07, 6.45) is 0. The number of ether oxygens (including phenoxy) is 1. The maximum atomic E-state index is 11.9. The highest BCUT2D eigenvalue weighted by molar-refractivity contribution is 9.10. The number of carbonyl (C=O) groups excluding carboxylic acids is 3. The Labute approximate surface area is 128 Å². The molecule has 0 aromatic heterocycles. The van der Waals surface area contributed by atoms with Gasteiger partial charge >= 0.3 is 0 Å². The van der Waals surface area contributed by atoms with Gasteiger partial charge < -0.3 is 9.64 Å². The molecule has 8 heteroatoms. The summed E-state index contributed by atoms with van der Waals surface area (Å²) in [7, 11) is 0. The highest BCUT2D eigenvalue weighted by atomic mass is 79.9. The lowest BCUT2D eigenvalue weighted by Gasteiger charge is -2.25. The Balaban J connectivity index is 1.95. The van der Waals surface area contributed by atoms with Gasteiger partial charge in [-0.2, -0.15) is 0 Å². The average Bonchev–Trinajstić information content (AvgIpc) is 2.36. The van der Waals surface area contributed by atoms with Crippen molar-refractivity contribution in [3.8, 4) is 5.75 Å². The molecule has 0 aliphatic carbocycles. The number of halogens is 2. The molecule has 1 heterocycles. The number of hydrogen-bond acceptors (Lipinski definition) is 4. The molecule has 0 spiro atoms. The number of rotatable bonds is 3. The molecular formula is C12H10BrClN2O4. The predicted molar refractivity (Wildman–Crippen MR) is 74.4 cm³/mol. The van der Waals surface area contributed by atoms with E-state index in [1.165, 1.54) is 0 Å².